The average molecular weight is 329 g/mol. The van der Waals surface area contributed by atoms with E-state index in [1.807, 2.05) is 36.4 Å². The molecule has 0 saturated heterocycles. The Kier molecular flexibility index (Phi) is 4.04. The van der Waals surface area contributed by atoms with Crippen LogP contribution in [-0.2, 0) is 0 Å². The van der Waals surface area contributed by atoms with Gasteiger partial charge in [-0.2, -0.15) is 0 Å². The summed E-state index contributed by atoms with van der Waals surface area (Å²) >= 11 is 1.65. The largest absolute Gasteiger partial charge is 0.330 e. The normalized spacial score (nSPS) is 10.5. The average Bonchev–Trinajstić information content (AvgIpc) is 3.08. The highest BCUT2D eigenvalue weighted by Gasteiger charge is 2.14. The third-order valence-corrected chi connectivity index (χ3v) is 4.64. The van der Waals surface area contributed by atoms with E-state index in [9.17, 15) is 0 Å². The molecule has 0 unspecified atom stereocenters. The van der Waals surface area contributed by atoms with Crippen LogP contribution in [0.3, 0.4) is 0 Å². The molecule has 0 amide bonds. The molecule has 24 heavy (non-hydrogen) atoms. The van der Waals surface area contributed by atoms with Crippen LogP contribution in [0.2, 0.25) is 0 Å². The molecular weight excluding hydrogens is 314 g/mol. The molecule has 2 aromatic heterocycles. The van der Waals surface area contributed by atoms with Crippen molar-refractivity contribution < 1.29 is 0 Å². The fraction of sp³-hybridized carbons (Fsp3) is 0. The Morgan fingerprint density at radius 2 is 1.46 bits per heavy atom. The maximum Gasteiger partial charge on any atom is 0.188 e. The third kappa shape index (κ3) is 3.05. The van der Waals surface area contributed by atoms with Crippen molar-refractivity contribution in [3.8, 4) is 21.7 Å². The van der Waals surface area contributed by atoms with Crippen LogP contribution in [0.15, 0.2) is 85.2 Å². The Balaban J connectivity index is 1.79. The summed E-state index contributed by atoms with van der Waals surface area (Å²) < 4.78 is 0. The zero-order valence-electron chi connectivity index (χ0n) is 12.9. The lowest BCUT2D eigenvalue weighted by molar-refractivity contribution is 1.31. The maximum absolute atomic E-state index is 4.83. The van der Waals surface area contributed by atoms with Gasteiger partial charge in [0.1, 0.15) is 0 Å². The van der Waals surface area contributed by atoms with Crippen molar-refractivity contribution in [1.82, 2.24) is 9.97 Å². The molecular formula is C20H15N3S. The van der Waals surface area contributed by atoms with Gasteiger partial charge in [-0.3, -0.25) is 4.98 Å². The van der Waals surface area contributed by atoms with Crippen LogP contribution in [-0.4, -0.2) is 9.97 Å². The molecule has 0 aliphatic heterocycles. The molecule has 0 fully saturated rings. The van der Waals surface area contributed by atoms with Crippen molar-refractivity contribution in [2.45, 2.75) is 0 Å². The van der Waals surface area contributed by atoms with Crippen LogP contribution < -0.4 is 5.32 Å². The molecule has 0 saturated carbocycles. The van der Waals surface area contributed by atoms with Gasteiger partial charge >= 0.3 is 0 Å². The highest BCUT2D eigenvalue weighted by molar-refractivity contribution is 7.19. The minimum absolute atomic E-state index is 0.862. The molecule has 0 aliphatic carbocycles. The van der Waals surface area contributed by atoms with E-state index in [2.05, 4.69) is 46.7 Å². The summed E-state index contributed by atoms with van der Waals surface area (Å²) in [5.41, 5.74) is 4.23. The molecule has 4 heteroatoms. The van der Waals surface area contributed by atoms with Crippen LogP contribution in [0.4, 0.5) is 10.8 Å². The lowest BCUT2D eigenvalue weighted by Gasteiger charge is -2.02. The molecule has 116 valence electrons. The van der Waals surface area contributed by atoms with E-state index in [-0.39, 0.29) is 0 Å². The SMILES string of the molecule is c1ccc(-c2nc(Nc3cccnc3)sc2-c2ccccc2)cc1. The number of pyridine rings is 1. The molecule has 3 nitrogen and oxygen atoms in total. The predicted molar refractivity (Wildman–Crippen MR) is 101 cm³/mol. The second-order valence-corrected chi connectivity index (χ2v) is 6.29. The Morgan fingerprint density at radius 1 is 0.750 bits per heavy atom. The van der Waals surface area contributed by atoms with Crippen LogP contribution in [0.5, 0.6) is 0 Å². The predicted octanol–water partition coefficient (Wildman–Crippen LogP) is 5.62. The first-order chi connectivity index (χ1) is 11.9. The van der Waals surface area contributed by atoms with Crippen molar-refractivity contribution in [3.05, 3.63) is 85.2 Å². The molecule has 0 atom stereocenters. The van der Waals surface area contributed by atoms with E-state index >= 15 is 0 Å². The van der Waals surface area contributed by atoms with Crippen molar-refractivity contribution in [3.63, 3.8) is 0 Å². The van der Waals surface area contributed by atoms with Crippen molar-refractivity contribution in [2.24, 2.45) is 0 Å². The van der Waals surface area contributed by atoms with Gasteiger partial charge in [0.2, 0.25) is 0 Å². The smallest absolute Gasteiger partial charge is 0.188 e. The highest BCUT2D eigenvalue weighted by Crippen LogP contribution is 2.39. The molecule has 4 rings (SSSR count). The first kappa shape index (κ1) is 14.6. The third-order valence-electron chi connectivity index (χ3n) is 3.62. The topological polar surface area (TPSA) is 37.8 Å². The number of anilines is 2. The summed E-state index contributed by atoms with van der Waals surface area (Å²) in [5, 5.41) is 4.21. The molecule has 2 heterocycles. The number of thiazole rings is 1. The number of benzene rings is 2. The van der Waals surface area contributed by atoms with Gasteiger partial charge in [-0.05, 0) is 17.7 Å². The first-order valence-corrected chi connectivity index (χ1v) is 8.50. The quantitative estimate of drug-likeness (QED) is 0.528. The number of nitrogens with zero attached hydrogens (tertiary/aromatic N) is 2. The number of hydrogen-bond donors (Lipinski definition) is 1. The van der Waals surface area contributed by atoms with Crippen molar-refractivity contribution in [1.29, 1.82) is 0 Å². The summed E-state index contributed by atoms with van der Waals surface area (Å²) in [6.07, 6.45) is 3.56. The molecule has 0 bridgehead atoms. The fourth-order valence-electron chi connectivity index (χ4n) is 2.51. The van der Waals surface area contributed by atoms with Crippen LogP contribution in [0.1, 0.15) is 0 Å². The molecule has 0 spiro atoms. The fourth-order valence-corrected chi connectivity index (χ4v) is 3.52. The summed E-state index contributed by atoms with van der Waals surface area (Å²) in [4.78, 5) is 10.1. The minimum Gasteiger partial charge on any atom is -0.330 e. The summed E-state index contributed by atoms with van der Waals surface area (Å²) in [6, 6.07) is 24.6. The zero-order chi connectivity index (χ0) is 16.2. The van der Waals surface area contributed by atoms with Gasteiger partial charge in [0.05, 0.1) is 22.5 Å². The van der Waals surface area contributed by atoms with E-state index in [0.29, 0.717) is 0 Å². The number of hydrogen-bond acceptors (Lipinski definition) is 4. The molecule has 2 aromatic carbocycles. The summed E-state index contributed by atoms with van der Waals surface area (Å²) in [5.74, 6) is 0. The van der Waals surface area contributed by atoms with E-state index < -0.39 is 0 Å². The Hall–Kier alpha value is -2.98. The second-order valence-electron chi connectivity index (χ2n) is 5.30. The number of aromatic nitrogens is 2. The Bertz CT molecular complexity index is 862. The molecule has 1 N–H and O–H groups in total. The van der Waals surface area contributed by atoms with Crippen molar-refractivity contribution in [2.75, 3.05) is 5.32 Å². The van der Waals surface area contributed by atoms with Gasteiger partial charge in [0.15, 0.2) is 5.13 Å². The standard InChI is InChI=1S/C20H15N3S/c1-3-8-15(9-4-1)18-19(16-10-5-2-6-11-16)24-20(23-18)22-17-12-7-13-21-14-17/h1-14H,(H,22,23). The second kappa shape index (κ2) is 6.64. The van der Waals surface area contributed by atoms with Crippen LogP contribution >= 0.6 is 11.3 Å². The van der Waals surface area contributed by atoms with Gasteiger partial charge in [0.25, 0.3) is 0 Å². The molecule has 0 aliphatic rings. The van der Waals surface area contributed by atoms with Crippen LogP contribution in [0, 0.1) is 0 Å². The highest BCUT2D eigenvalue weighted by atomic mass is 32.1. The number of rotatable bonds is 4. The zero-order valence-corrected chi connectivity index (χ0v) is 13.7. The van der Waals surface area contributed by atoms with E-state index in [1.165, 1.54) is 5.56 Å². The Morgan fingerprint density at radius 3 is 2.12 bits per heavy atom. The van der Waals surface area contributed by atoms with Gasteiger partial charge in [-0.1, -0.05) is 72.0 Å². The van der Waals surface area contributed by atoms with E-state index in [4.69, 9.17) is 4.98 Å². The lowest BCUT2D eigenvalue weighted by Crippen LogP contribution is -1.89. The van der Waals surface area contributed by atoms with Gasteiger partial charge in [-0.25, -0.2) is 4.98 Å². The molecule has 4 aromatic rings. The minimum atomic E-state index is 0.862. The van der Waals surface area contributed by atoms with Gasteiger partial charge < -0.3 is 5.32 Å². The van der Waals surface area contributed by atoms with Gasteiger partial charge in [-0.15, -0.1) is 0 Å². The Labute approximate surface area is 144 Å². The lowest BCUT2D eigenvalue weighted by atomic mass is 10.1. The van der Waals surface area contributed by atoms with Crippen LogP contribution in [0.25, 0.3) is 21.7 Å². The van der Waals surface area contributed by atoms with Crippen molar-refractivity contribution >= 4 is 22.2 Å². The van der Waals surface area contributed by atoms with E-state index in [0.717, 1.165) is 27.0 Å². The summed E-state index contributed by atoms with van der Waals surface area (Å²) in [7, 11) is 0. The maximum atomic E-state index is 4.83. The first-order valence-electron chi connectivity index (χ1n) is 7.69. The monoisotopic (exact) mass is 329 g/mol. The van der Waals surface area contributed by atoms with E-state index in [1.54, 1.807) is 23.7 Å². The molecule has 0 radical (unpaired) electrons. The number of nitrogens with one attached hydrogen (secondary N) is 1. The summed E-state index contributed by atoms with van der Waals surface area (Å²) in [6.45, 7) is 0. The van der Waals surface area contributed by atoms with Gasteiger partial charge in [0, 0.05) is 11.8 Å².